The smallest absolute Gasteiger partial charge is 0.131 e. The molecule has 0 amide bonds. The third kappa shape index (κ3) is 2.51. The minimum atomic E-state index is 0.660. The van der Waals surface area contributed by atoms with Crippen molar-refractivity contribution < 1.29 is 0 Å². The van der Waals surface area contributed by atoms with Gasteiger partial charge in [0, 0.05) is 30.4 Å². The zero-order valence-corrected chi connectivity index (χ0v) is 8.66. The van der Waals surface area contributed by atoms with Gasteiger partial charge in [0.15, 0.2) is 0 Å². The Morgan fingerprint density at radius 2 is 2.07 bits per heavy atom. The molecule has 0 aliphatic heterocycles. The molecule has 1 saturated carbocycles. The minimum Gasteiger partial charge on any atom is -0.313 e. The van der Waals surface area contributed by atoms with Crippen molar-refractivity contribution in [1.29, 1.82) is 0 Å². The third-order valence-electron chi connectivity index (χ3n) is 2.42. The zero-order chi connectivity index (χ0) is 9.80. The van der Waals surface area contributed by atoms with Crippen LogP contribution in [0.2, 0.25) is 0 Å². The van der Waals surface area contributed by atoms with Gasteiger partial charge in [-0.15, -0.1) is 0 Å². The fourth-order valence-electron chi connectivity index (χ4n) is 1.42. The van der Waals surface area contributed by atoms with Crippen LogP contribution < -0.4 is 5.32 Å². The maximum absolute atomic E-state index is 4.37. The van der Waals surface area contributed by atoms with Crippen molar-refractivity contribution in [2.45, 2.75) is 38.6 Å². The average molecular weight is 191 g/mol. The Balaban J connectivity index is 1.86. The van der Waals surface area contributed by atoms with E-state index in [1.165, 1.54) is 24.8 Å². The summed E-state index contributed by atoms with van der Waals surface area (Å²) in [6, 6.07) is 0. The van der Waals surface area contributed by atoms with Crippen molar-refractivity contribution in [2.75, 3.05) is 6.54 Å². The Bertz CT molecular complexity index is 277. The zero-order valence-electron chi connectivity index (χ0n) is 8.66. The summed E-state index contributed by atoms with van der Waals surface area (Å²) in [5.41, 5.74) is 1.18. The predicted molar refractivity (Wildman–Crippen MR) is 56.0 cm³/mol. The summed E-state index contributed by atoms with van der Waals surface area (Å²) in [6.07, 6.45) is 7.61. The Morgan fingerprint density at radius 3 is 2.64 bits per heavy atom. The molecule has 1 aromatic rings. The number of nitrogens with zero attached hydrogens (tertiary/aromatic N) is 2. The molecule has 3 nitrogen and oxygen atoms in total. The van der Waals surface area contributed by atoms with Crippen molar-refractivity contribution in [3.8, 4) is 0 Å². The first-order valence-corrected chi connectivity index (χ1v) is 5.41. The first-order chi connectivity index (χ1) is 6.90. The molecule has 0 bridgehead atoms. The van der Waals surface area contributed by atoms with E-state index in [0.717, 1.165) is 18.9 Å². The summed E-state index contributed by atoms with van der Waals surface area (Å²) < 4.78 is 0. The topological polar surface area (TPSA) is 37.8 Å². The number of hydrogen-bond donors (Lipinski definition) is 1. The van der Waals surface area contributed by atoms with Crippen LogP contribution in [-0.4, -0.2) is 16.5 Å². The van der Waals surface area contributed by atoms with Crippen molar-refractivity contribution >= 4 is 0 Å². The lowest BCUT2D eigenvalue weighted by Crippen LogP contribution is -2.14. The Morgan fingerprint density at radius 1 is 1.36 bits per heavy atom. The Kier molecular flexibility index (Phi) is 3.09. The maximum atomic E-state index is 4.37. The van der Waals surface area contributed by atoms with Gasteiger partial charge in [-0.25, -0.2) is 9.97 Å². The lowest BCUT2D eigenvalue weighted by molar-refractivity contribution is 0.670. The summed E-state index contributed by atoms with van der Waals surface area (Å²) >= 11 is 0. The molecule has 1 aromatic heterocycles. The van der Waals surface area contributed by atoms with E-state index in [9.17, 15) is 0 Å². The molecule has 0 saturated heterocycles. The quantitative estimate of drug-likeness (QED) is 0.722. The van der Waals surface area contributed by atoms with Crippen LogP contribution in [0.25, 0.3) is 0 Å². The number of hydrogen-bond acceptors (Lipinski definition) is 3. The number of aromatic nitrogens is 2. The Labute approximate surface area is 85.0 Å². The molecular weight excluding hydrogens is 174 g/mol. The van der Waals surface area contributed by atoms with Crippen molar-refractivity contribution in [3.05, 3.63) is 23.8 Å². The van der Waals surface area contributed by atoms with E-state index in [0.29, 0.717) is 5.92 Å². The highest BCUT2D eigenvalue weighted by molar-refractivity contribution is 5.10. The van der Waals surface area contributed by atoms with E-state index < -0.39 is 0 Å². The molecule has 1 aliphatic rings. The van der Waals surface area contributed by atoms with Gasteiger partial charge in [-0.3, -0.25) is 0 Å². The second-order valence-corrected chi connectivity index (χ2v) is 3.90. The summed E-state index contributed by atoms with van der Waals surface area (Å²) in [5.74, 6) is 1.69. The second kappa shape index (κ2) is 4.51. The summed E-state index contributed by atoms with van der Waals surface area (Å²) in [7, 11) is 0. The number of rotatable bonds is 5. The van der Waals surface area contributed by atoms with Gasteiger partial charge in [-0.2, -0.15) is 0 Å². The SMILES string of the molecule is CCCNCc1cnc(C2CC2)nc1. The summed E-state index contributed by atoms with van der Waals surface area (Å²) in [5, 5.41) is 3.34. The van der Waals surface area contributed by atoms with Crippen LogP contribution in [0.15, 0.2) is 12.4 Å². The van der Waals surface area contributed by atoms with Crippen LogP contribution in [0.3, 0.4) is 0 Å². The molecule has 1 heterocycles. The van der Waals surface area contributed by atoms with E-state index in [4.69, 9.17) is 0 Å². The lowest BCUT2D eigenvalue weighted by atomic mass is 10.3. The highest BCUT2D eigenvalue weighted by atomic mass is 14.9. The first kappa shape index (κ1) is 9.59. The molecule has 3 heteroatoms. The summed E-state index contributed by atoms with van der Waals surface area (Å²) in [6.45, 7) is 4.11. The normalized spacial score (nSPS) is 15.8. The van der Waals surface area contributed by atoms with E-state index in [2.05, 4.69) is 22.2 Å². The van der Waals surface area contributed by atoms with Crippen LogP contribution in [0, 0.1) is 0 Å². The van der Waals surface area contributed by atoms with E-state index in [1.807, 2.05) is 12.4 Å². The molecule has 76 valence electrons. The molecule has 0 radical (unpaired) electrons. The van der Waals surface area contributed by atoms with E-state index >= 15 is 0 Å². The first-order valence-electron chi connectivity index (χ1n) is 5.41. The molecule has 1 fully saturated rings. The highest BCUT2D eigenvalue weighted by Crippen LogP contribution is 2.37. The fraction of sp³-hybridized carbons (Fsp3) is 0.636. The monoisotopic (exact) mass is 191 g/mol. The highest BCUT2D eigenvalue weighted by Gasteiger charge is 2.25. The minimum absolute atomic E-state index is 0.660. The van der Waals surface area contributed by atoms with Gasteiger partial charge in [-0.1, -0.05) is 6.92 Å². The summed E-state index contributed by atoms with van der Waals surface area (Å²) in [4.78, 5) is 8.74. The van der Waals surface area contributed by atoms with Crippen LogP contribution in [0.5, 0.6) is 0 Å². The van der Waals surface area contributed by atoms with Gasteiger partial charge in [0.25, 0.3) is 0 Å². The van der Waals surface area contributed by atoms with Gasteiger partial charge < -0.3 is 5.32 Å². The van der Waals surface area contributed by atoms with Gasteiger partial charge in [-0.05, 0) is 25.8 Å². The predicted octanol–water partition coefficient (Wildman–Crippen LogP) is 1.85. The molecule has 1 N–H and O–H groups in total. The van der Waals surface area contributed by atoms with Crippen molar-refractivity contribution in [1.82, 2.24) is 15.3 Å². The van der Waals surface area contributed by atoms with E-state index in [-0.39, 0.29) is 0 Å². The molecule has 0 unspecified atom stereocenters. The average Bonchev–Trinajstić information content (AvgIpc) is 3.03. The van der Waals surface area contributed by atoms with Crippen molar-refractivity contribution in [2.24, 2.45) is 0 Å². The van der Waals surface area contributed by atoms with Gasteiger partial charge >= 0.3 is 0 Å². The molecule has 0 spiro atoms. The molecular formula is C11H17N3. The fourth-order valence-corrected chi connectivity index (χ4v) is 1.42. The third-order valence-corrected chi connectivity index (χ3v) is 2.42. The van der Waals surface area contributed by atoms with Crippen molar-refractivity contribution in [3.63, 3.8) is 0 Å². The molecule has 1 aliphatic carbocycles. The molecule has 0 aromatic carbocycles. The number of nitrogens with one attached hydrogen (secondary N) is 1. The molecule has 14 heavy (non-hydrogen) atoms. The van der Waals surface area contributed by atoms with Crippen LogP contribution in [0.4, 0.5) is 0 Å². The van der Waals surface area contributed by atoms with Gasteiger partial charge in [0.2, 0.25) is 0 Å². The molecule has 0 atom stereocenters. The molecule has 2 rings (SSSR count). The largest absolute Gasteiger partial charge is 0.313 e. The second-order valence-electron chi connectivity index (χ2n) is 3.90. The Hall–Kier alpha value is -0.960. The van der Waals surface area contributed by atoms with Gasteiger partial charge in [0.05, 0.1) is 0 Å². The maximum Gasteiger partial charge on any atom is 0.131 e. The van der Waals surface area contributed by atoms with Crippen LogP contribution in [-0.2, 0) is 6.54 Å². The van der Waals surface area contributed by atoms with Crippen LogP contribution >= 0.6 is 0 Å². The lowest BCUT2D eigenvalue weighted by Gasteiger charge is -2.02. The van der Waals surface area contributed by atoms with E-state index in [1.54, 1.807) is 0 Å². The van der Waals surface area contributed by atoms with Crippen LogP contribution in [0.1, 0.15) is 43.5 Å². The van der Waals surface area contributed by atoms with Gasteiger partial charge in [0.1, 0.15) is 5.82 Å². The standard InChI is InChI=1S/C11H17N3/c1-2-5-12-6-9-7-13-11(14-8-9)10-3-4-10/h7-8,10,12H,2-6H2,1H3.